The van der Waals surface area contributed by atoms with Gasteiger partial charge in [-0.25, -0.2) is 0 Å². The van der Waals surface area contributed by atoms with Crippen LogP contribution in [-0.4, -0.2) is 57.3 Å². The van der Waals surface area contributed by atoms with Crippen molar-refractivity contribution in [3.63, 3.8) is 0 Å². The molecular weight excluding hydrogens is 935 g/mol. The van der Waals surface area contributed by atoms with Crippen molar-refractivity contribution in [3.05, 3.63) is 24.3 Å². The van der Waals surface area contributed by atoms with Gasteiger partial charge in [-0.3, -0.25) is 4.79 Å². The largest absolute Gasteiger partial charge is 0.394 e. The van der Waals surface area contributed by atoms with Crippen molar-refractivity contribution in [2.45, 2.75) is 411 Å². The van der Waals surface area contributed by atoms with E-state index in [0.717, 1.165) is 38.5 Å². The third-order valence-corrected chi connectivity index (χ3v) is 16.6. The summed E-state index contributed by atoms with van der Waals surface area (Å²) in [5.41, 5.74) is 0. The van der Waals surface area contributed by atoms with Crippen molar-refractivity contribution in [2.24, 2.45) is 0 Å². The zero-order valence-corrected chi connectivity index (χ0v) is 51.5. The maximum absolute atomic E-state index is 12.7. The highest BCUT2D eigenvalue weighted by molar-refractivity contribution is 5.80. The van der Waals surface area contributed by atoms with E-state index in [0.29, 0.717) is 19.3 Å². The molecule has 0 fully saturated rings. The Bertz CT molecular complexity index is 1160. The Labute approximate surface area is 475 Å². The van der Waals surface area contributed by atoms with Gasteiger partial charge >= 0.3 is 0 Å². The molecule has 6 nitrogen and oxygen atoms in total. The van der Waals surface area contributed by atoms with E-state index in [2.05, 4.69) is 43.5 Å². The zero-order chi connectivity index (χ0) is 55.1. The van der Waals surface area contributed by atoms with Gasteiger partial charge < -0.3 is 25.7 Å². The molecule has 5 N–H and O–H groups in total. The molecule has 0 aliphatic rings. The molecule has 1 amide bonds. The van der Waals surface area contributed by atoms with Crippen LogP contribution in [0.3, 0.4) is 0 Å². The highest BCUT2D eigenvalue weighted by Crippen LogP contribution is 2.19. The summed E-state index contributed by atoms with van der Waals surface area (Å²) in [6.45, 7) is 4.10. The molecule has 452 valence electrons. The predicted octanol–water partition coefficient (Wildman–Crippen LogP) is 21.3. The first-order valence-electron chi connectivity index (χ1n) is 34.7. The van der Waals surface area contributed by atoms with Gasteiger partial charge in [-0.1, -0.05) is 359 Å². The van der Waals surface area contributed by atoms with Gasteiger partial charge in [0.2, 0.25) is 5.91 Å². The SMILES string of the molecule is CCCCCCCCCCCCCCCCCCCCCCCCC/C=C/CC/C=C/CCCC(O)C(O)C(CO)NC(=O)C(O)CCCCCCCCCCCCCCCCCCCCCCCCCCCCCC. The Morgan fingerprint density at radius 3 is 0.829 bits per heavy atom. The molecule has 0 aromatic heterocycles. The third kappa shape index (κ3) is 57.5. The molecule has 0 aromatic rings. The van der Waals surface area contributed by atoms with Crippen LogP contribution in [0.5, 0.6) is 0 Å². The van der Waals surface area contributed by atoms with Crippen LogP contribution in [0.15, 0.2) is 24.3 Å². The molecule has 4 unspecified atom stereocenters. The molecular formula is C70H137NO5. The van der Waals surface area contributed by atoms with Crippen molar-refractivity contribution in [1.29, 1.82) is 0 Å². The fourth-order valence-electron chi connectivity index (χ4n) is 11.3. The average molecular weight is 1070 g/mol. The number of aliphatic hydroxyl groups excluding tert-OH is 4. The Balaban J connectivity index is 3.58. The molecule has 0 aliphatic carbocycles. The lowest BCUT2D eigenvalue weighted by Gasteiger charge is -2.27. The van der Waals surface area contributed by atoms with Crippen LogP contribution in [-0.2, 0) is 4.79 Å². The summed E-state index contributed by atoms with van der Waals surface area (Å²) in [7, 11) is 0. The van der Waals surface area contributed by atoms with E-state index >= 15 is 0 Å². The number of carbonyl (C=O) groups excluding carboxylic acids is 1. The number of hydrogen-bond donors (Lipinski definition) is 5. The zero-order valence-electron chi connectivity index (χ0n) is 51.5. The molecule has 6 heteroatoms. The molecule has 0 spiro atoms. The van der Waals surface area contributed by atoms with Crippen molar-refractivity contribution in [1.82, 2.24) is 5.32 Å². The number of aliphatic hydroxyl groups is 4. The fourth-order valence-corrected chi connectivity index (χ4v) is 11.3. The smallest absolute Gasteiger partial charge is 0.249 e. The van der Waals surface area contributed by atoms with Gasteiger partial charge in [0.05, 0.1) is 18.8 Å². The molecule has 0 rings (SSSR count). The predicted molar refractivity (Wildman–Crippen MR) is 334 cm³/mol. The molecule has 0 heterocycles. The van der Waals surface area contributed by atoms with E-state index in [1.54, 1.807) is 0 Å². The van der Waals surface area contributed by atoms with E-state index in [4.69, 9.17) is 0 Å². The van der Waals surface area contributed by atoms with Crippen LogP contribution in [0.4, 0.5) is 0 Å². The summed E-state index contributed by atoms with van der Waals surface area (Å²) < 4.78 is 0. The lowest BCUT2D eigenvalue weighted by Crippen LogP contribution is -2.53. The Hall–Kier alpha value is -1.21. The molecule has 0 bridgehead atoms. The second-order valence-electron chi connectivity index (χ2n) is 24.2. The number of hydrogen-bond acceptors (Lipinski definition) is 5. The lowest BCUT2D eigenvalue weighted by atomic mass is 10.00. The van der Waals surface area contributed by atoms with Crippen LogP contribution in [0.1, 0.15) is 386 Å². The van der Waals surface area contributed by atoms with Gasteiger partial charge in [0.15, 0.2) is 0 Å². The first kappa shape index (κ1) is 74.8. The van der Waals surface area contributed by atoms with Crippen molar-refractivity contribution < 1.29 is 25.2 Å². The number of unbranched alkanes of at least 4 members (excludes halogenated alkanes) is 52. The molecule has 4 atom stereocenters. The highest BCUT2D eigenvalue weighted by atomic mass is 16.3. The second kappa shape index (κ2) is 64.6. The molecule has 0 aliphatic heterocycles. The van der Waals surface area contributed by atoms with Crippen molar-refractivity contribution >= 4 is 5.91 Å². The van der Waals surface area contributed by atoms with Crippen molar-refractivity contribution in [2.75, 3.05) is 6.61 Å². The van der Waals surface area contributed by atoms with Gasteiger partial charge in [-0.05, 0) is 51.4 Å². The first-order chi connectivity index (χ1) is 37.5. The average Bonchev–Trinajstić information content (AvgIpc) is 3.42. The van der Waals surface area contributed by atoms with Crippen molar-refractivity contribution in [3.8, 4) is 0 Å². The van der Waals surface area contributed by atoms with Gasteiger partial charge in [-0.2, -0.15) is 0 Å². The van der Waals surface area contributed by atoms with E-state index < -0.39 is 36.9 Å². The molecule has 0 aromatic carbocycles. The minimum absolute atomic E-state index is 0.365. The summed E-state index contributed by atoms with van der Waals surface area (Å²) in [5, 5.41) is 44.2. The fraction of sp³-hybridized carbons (Fsp3) is 0.929. The lowest BCUT2D eigenvalue weighted by molar-refractivity contribution is -0.132. The Morgan fingerprint density at radius 2 is 0.553 bits per heavy atom. The Kier molecular flexibility index (Phi) is 63.6. The van der Waals surface area contributed by atoms with E-state index in [1.807, 2.05) is 0 Å². The van der Waals surface area contributed by atoms with Crippen LogP contribution < -0.4 is 5.32 Å². The van der Waals surface area contributed by atoms with Crippen LogP contribution in [0, 0.1) is 0 Å². The number of rotatable bonds is 65. The van der Waals surface area contributed by atoms with Crippen LogP contribution >= 0.6 is 0 Å². The van der Waals surface area contributed by atoms with Gasteiger partial charge in [0.1, 0.15) is 12.2 Å². The summed E-state index contributed by atoms with van der Waals surface area (Å²) in [6, 6.07) is -1.01. The highest BCUT2D eigenvalue weighted by Gasteiger charge is 2.28. The maximum atomic E-state index is 12.7. The Morgan fingerprint density at radius 1 is 0.316 bits per heavy atom. The van der Waals surface area contributed by atoms with E-state index in [1.165, 1.54) is 315 Å². The number of allylic oxidation sites excluding steroid dienone is 4. The maximum Gasteiger partial charge on any atom is 0.249 e. The monoisotopic (exact) mass is 1070 g/mol. The van der Waals surface area contributed by atoms with Gasteiger partial charge in [0, 0.05) is 0 Å². The number of nitrogens with one attached hydrogen (secondary N) is 1. The summed E-state index contributed by atoms with van der Waals surface area (Å²) in [4.78, 5) is 12.7. The number of amides is 1. The molecule has 76 heavy (non-hydrogen) atoms. The topological polar surface area (TPSA) is 110 Å². The molecule has 0 saturated carbocycles. The summed E-state index contributed by atoms with van der Waals surface area (Å²) in [6.07, 6.45) is 81.7. The van der Waals surface area contributed by atoms with Gasteiger partial charge in [-0.15, -0.1) is 0 Å². The first-order valence-corrected chi connectivity index (χ1v) is 34.7. The minimum atomic E-state index is -1.29. The summed E-state index contributed by atoms with van der Waals surface area (Å²) in [5.74, 6) is -0.589. The third-order valence-electron chi connectivity index (χ3n) is 16.6. The molecule has 0 saturated heterocycles. The van der Waals surface area contributed by atoms with Crippen LogP contribution in [0.2, 0.25) is 0 Å². The van der Waals surface area contributed by atoms with E-state index in [9.17, 15) is 25.2 Å². The normalized spacial score (nSPS) is 13.6. The standard InChI is InChI=1S/C70H137NO5/c1-3-5-7-9-11-13-15-17-19-21-23-25-27-29-31-33-34-35-36-38-39-41-43-45-47-49-51-53-55-57-59-61-63-67(73)69(75)66(65-72)71-70(76)68(74)64-62-60-58-56-54-52-50-48-46-44-42-40-37-32-30-28-26-24-22-20-18-16-14-12-10-8-6-4-2/h47,49,55,57,66-69,72-75H,3-46,48,50-54,56,58-65H2,1-2H3,(H,71,76)/b49-47+,57-55+. The molecule has 0 radical (unpaired) electrons. The second-order valence-corrected chi connectivity index (χ2v) is 24.2. The quantitative estimate of drug-likeness (QED) is 0.0308. The van der Waals surface area contributed by atoms with E-state index in [-0.39, 0.29) is 0 Å². The number of carbonyl (C=O) groups is 1. The summed E-state index contributed by atoms with van der Waals surface area (Å²) >= 11 is 0. The van der Waals surface area contributed by atoms with Gasteiger partial charge in [0.25, 0.3) is 0 Å². The van der Waals surface area contributed by atoms with Crippen LogP contribution in [0.25, 0.3) is 0 Å². The minimum Gasteiger partial charge on any atom is -0.394 e.